The molecule has 5 aliphatic rings. The molecule has 1 N–H and O–H groups in total. The Morgan fingerprint density at radius 3 is 2.81 bits per heavy atom. The topological polar surface area (TPSA) is 65.0 Å². The fourth-order valence-electron chi connectivity index (χ4n) is 8.16. The van der Waals surface area contributed by atoms with E-state index in [-0.39, 0.29) is 17.3 Å². The Bertz CT molecular complexity index is 593. The molecule has 0 aromatic carbocycles. The second-order valence-corrected chi connectivity index (χ2v) is 9.63. The van der Waals surface area contributed by atoms with Gasteiger partial charge in [-0.2, -0.15) is 0 Å². The third-order valence-electron chi connectivity index (χ3n) is 9.19. The molecule has 0 spiro atoms. The predicted molar refractivity (Wildman–Crippen MR) is 94.0 cm³/mol. The molecule has 1 unspecified atom stereocenters. The summed E-state index contributed by atoms with van der Waals surface area (Å²) >= 11 is 0. The average molecular weight is 364 g/mol. The number of hydrogen-bond donors (Lipinski definition) is 1. The van der Waals surface area contributed by atoms with Gasteiger partial charge in [0, 0.05) is 12.0 Å². The summed E-state index contributed by atoms with van der Waals surface area (Å²) in [5.74, 6) is 2.33. The molecule has 0 radical (unpaired) electrons. The van der Waals surface area contributed by atoms with Gasteiger partial charge in [-0.25, -0.2) is 0 Å². The van der Waals surface area contributed by atoms with E-state index in [1.807, 2.05) is 0 Å². The Balaban J connectivity index is 1.58. The molecule has 26 heavy (non-hydrogen) atoms. The zero-order valence-electron chi connectivity index (χ0n) is 16.0. The van der Waals surface area contributed by atoms with E-state index < -0.39 is 11.7 Å². The molecule has 5 rings (SSSR count). The van der Waals surface area contributed by atoms with Crippen molar-refractivity contribution < 1.29 is 24.1 Å². The van der Waals surface area contributed by atoms with Crippen LogP contribution >= 0.6 is 0 Å². The standard InChI is InChI=1S/C21H32O5/c1-12-13-4-5-17-20(18(22)24-2)7-3-8-21(17,19(23)26-11-20)15(13)10-16-14(12)6-9-25-16/h12-17,19,23H,3-11H2,1-2H3/t12-,13+,14+,15+,16-,17+,19-,20+,21?/m1/s1. The number of ether oxygens (including phenoxy) is 3. The van der Waals surface area contributed by atoms with Gasteiger partial charge in [0.15, 0.2) is 6.29 Å². The number of aliphatic hydroxyl groups is 1. The van der Waals surface area contributed by atoms with Crippen LogP contribution in [-0.4, -0.2) is 43.8 Å². The van der Waals surface area contributed by atoms with Gasteiger partial charge in [-0.3, -0.25) is 4.79 Å². The first-order chi connectivity index (χ1) is 12.5. The van der Waals surface area contributed by atoms with Crippen molar-refractivity contribution in [2.24, 2.45) is 40.4 Å². The monoisotopic (exact) mass is 364 g/mol. The Morgan fingerprint density at radius 2 is 2.00 bits per heavy atom. The second-order valence-electron chi connectivity index (χ2n) is 9.63. The van der Waals surface area contributed by atoms with Crippen LogP contribution in [-0.2, 0) is 19.0 Å². The van der Waals surface area contributed by atoms with Crippen LogP contribution in [0.3, 0.4) is 0 Å². The zero-order valence-corrected chi connectivity index (χ0v) is 16.0. The highest BCUT2D eigenvalue weighted by molar-refractivity contribution is 5.78. The summed E-state index contributed by atoms with van der Waals surface area (Å²) in [6.45, 7) is 3.58. The normalized spacial score (nSPS) is 55.4. The smallest absolute Gasteiger partial charge is 0.314 e. The number of methoxy groups -OCH3 is 1. The molecule has 0 aromatic rings. The molecular formula is C21H32O5. The van der Waals surface area contributed by atoms with Crippen LogP contribution in [0.25, 0.3) is 0 Å². The highest BCUT2D eigenvalue weighted by atomic mass is 16.6. The quantitative estimate of drug-likeness (QED) is 0.725. The third-order valence-corrected chi connectivity index (χ3v) is 9.19. The molecule has 5 nitrogen and oxygen atoms in total. The summed E-state index contributed by atoms with van der Waals surface area (Å²) < 4.78 is 17.3. The van der Waals surface area contributed by atoms with Crippen molar-refractivity contribution in [2.75, 3.05) is 20.3 Å². The Labute approximate surface area is 155 Å². The van der Waals surface area contributed by atoms with Gasteiger partial charge in [0.1, 0.15) is 0 Å². The minimum Gasteiger partial charge on any atom is -0.469 e. The molecular weight excluding hydrogens is 332 g/mol. The molecule has 2 bridgehead atoms. The molecule has 3 aliphatic carbocycles. The number of carbonyl (C=O) groups is 1. The Kier molecular flexibility index (Phi) is 3.97. The van der Waals surface area contributed by atoms with E-state index >= 15 is 0 Å². The van der Waals surface area contributed by atoms with Crippen LogP contribution in [0.2, 0.25) is 0 Å². The highest BCUT2D eigenvalue weighted by Crippen LogP contribution is 2.69. The zero-order chi connectivity index (χ0) is 18.1. The molecule has 9 atom stereocenters. The number of carbonyl (C=O) groups excluding carboxylic acids is 1. The summed E-state index contributed by atoms with van der Waals surface area (Å²) in [4.78, 5) is 12.9. The lowest BCUT2D eigenvalue weighted by Gasteiger charge is -2.67. The van der Waals surface area contributed by atoms with Gasteiger partial charge in [0.2, 0.25) is 0 Å². The second kappa shape index (κ2) is 5.92. The Morgan fingerprint density at radius 1 is 1.15 bits per heavy atom. The molecule has 0 amide bonds. The number of rotatable bonds is 1. The fourth-order valence-corrected chi connectivity index (χ4v) is 8.16. The van der Waals surface area contributed by atoms with Crippen LogP contribution in [0.4, 0.5) is 0 Å². The average Bonchev–Trinajstić information content (AvgIpc) is 3.13. The van der Waals surface area contributed by atoms with Crippen LogP contribution < -0.4 is 0 Å². The first-order valence-corrected chi connectivity index (χ1v) is 10.5. The van der Waals surface area contributed by atoms with Crippen LogP contribution in [0, 0.1) is 40.4 Å². The van der Waals surface area contributed by atoms with Gasteiger partial charge in [0.05, 0.1) is 25.2 Å². The first-order valence-electron chi connectivity index (χ1n) is 10.5. The van der Waals surface area contributed by atoms with E-state index in [0.717, 1.165) is 45.1 Å². The minimum atomic E-state index is -0.761. The van der Waals surface area contributed by atoms with Crippen molar-refractivity contribution >= 4 is 5.97 Å². The number of fused-ring (bicyclic) bond motifs is 2. The Hall–Kier alpha value is -0.650. The maximum atomic E-state index is 12.9. The third kappa shape index (κ3) is 2.00. The minimum absolute atomic E-state index is 0.129. The van der Waals surface area contributed by atoms with Crippen molar-refractivity contribution in [1.82, 2.24) is 0 Å². The summed E-state index contributed by atoms with van der Waals surface area (Å²) in [7, 11) is 1.49. The van der Waals surface area contributed by atoms with Crippen LogP contribution in [0.15, 0.2) is 0 Å². The maximum absolute atomic E-state index is 12.9. The van der Waals surface area contributed by atoms with E-state index in [2.05, 4.69) is 6.92 Å². The van der Waals surface area contributed by atoms with Crippen molar-refractivity contribution in [3.63, 3.8) is 0 Å². The van der Waals surface area contributed by atoms with Crippen molar-refractivity contribution in [2.45, 2.75) is 64.3 Å². The van der Waals surface area contributed by atoms with Crippen molar-refractivity contribution in [3.8, 4) is 0 Å². The lowest BCUT2D eigenvalue weighted by Crippen LogP contribution is -2.69. The van der Waals surface area contributed by atoms with Crippen LogP contribution in [0.1, 0.15) is 51.9 Å². The van der Waals surface area contributed by atoms with Crippen molar-refractivity contribution in [1.29, 1.82) is 0 Å². The summed E-state index contributed by atoms with van der Waals surface area (Å²) in [5, 5.41) is 11.1. The number of aliphatic hydroxyl groups excluding tert-OH is 1. The lowest BCUT2D eigenvalue weighted by atomic mass is 9.40. The maximum Gasteiger partial charge on any atom is 0.314 e. The molecule has 2 aliphatic heterocycles. The molecule has 5 fully saturated rings. The van der Waals surface area contributed by atoms with E-state index in [1.165, 1.54) is 13.5 Å². The molecule has 0 aromatic heterocycles. The largest absolute Gasteiger partial charge is 0.469 e. The van der Waals surface area contributed by atoms with E-state index in [0.29, 0.717) is 36.4 Å². The van der Waals surface area contributed by atoms with Crippen LogP contribution in [0.5, 0.6) is 0 Å². The lowest BCUT2D eigenvalue weighted by molar-refractivity contribution is -0.326. The molecule has 2 heterocycles. The molecule has 3 saturated carbocycles. The van der Waals surface area contributed by atoms with Gasteiger partial charge in [-0.05, 0) is 68.1 Å². The van der Waals surface area contributed by atoms with E-state index in [1.54, 1.807) is 0 Å². The van der Waals surface area contributed by atoms with Gasteiger partial charge >= 0.3 is 5.97 Å². The molecule has 2 saturated heterocycles. The number of hydrogen-bond acceptors (Lipinski definition) is 5. The molecule has 146 valence electrons. The summed E-state index contributed by atoms with van der Waals surface area (Å²) in [6.07, 6.45) is 6.69. The highest BCUT2D eigenvalue weighted by Gasteiger charge is 2.70. The fraction of sp³-hybridized carbons (Fsp3) is 0.952. The van der Waals surface area contributed by atoms with Gasteiger partial charge < -0.3 is 19.3 Å². The van der Waals surface area contributed by atoms with Gasteiger partial charge in [-0.1, -0.05) is 13.3 Å². The first kappa shape index (κ1) is 17.4. The van der Waals surface area contributed by atoms with Gasteiger partial charge in [0.25, 0.3) is 0 Å². The van der Waals surface area contributed by atoms with Gasteiger partial charge in [-0.15, -0.1) is 0 Å². The van der Waals surface area contributed by atoms with E-state index in [9.17, 15) is 9.90 Å². The SMILES string of the molecule is COC(=O)[C@@]12CCCC3([C@H](O)OC1)[C@H]2CC[C@H]1[C@@H](C)[C@@H]2CCO[C@@H]2C[C@@H]13. The van der Waals surface area contributed by atoms with E-state index in [4.69, 9.17) is 14.2 Å². The summed E-state index contributed by atoms with van der Waals surface area (Å²) in [5.41, 5.74) is -0.868. The van der Waals surface area contributed by atoms with Crippen molar-refractivity contribution in [3.05, 3.63) is 0 Å². The number of esters is 1. The molecule has 5 heteroatoms. The predicted octanol–water partition coefficient (Wildman–Crippen LogP) is 2.75. The summed E-state index contributed by atoms with van der Waals surface area (Å²) in [6, 6.07) is 0.